The molecular formula is C24H25F3N4O5. The van der Waals surface area contributed by atoms with Crippen LogP contribution in [0.15, 0.2) is 35.0 Å². The first-order valence-corrected chi connectivity index (χ1v) is 11.2. The van der Waals surface area contributed by atoms with Crippen molar-refractivity contribution >= 4 is 23.0 Å². The average Bonchev–Trinajstić information content (AvgIpc) is 3.23. The molecule has 2 aromatic heterocycles. The molecule has 3 heterocycles. The summed E-state index contributed by atoms with van der Waals surface area (Å²) in [7, 11) is 0. The highest BCUT2D eigenvalue weighted by Crippen LogP contribution is 2.38. The second-order valence-electron chi connectivity index (χ2n) is 9.21. The third-order valence-electron chi connectivity index (χ3n) is 5.23. The van der Waals surface area contributed by atoms with E-state index in [0.29, 0.717) is 26.3 Å². The third kappa shape index (κ3) is 5.93. The van der Waals surface area contributed by atoms with Crippen molar-refractivity contribution in [2.75, 3.05) is 26.3 Å². The molecule has 0 atom stereocenters. The molecule has 9 nitrogen and oxygen atoms in total. The number of hydrogen-bond acceptors (Lipinski definition) is 7. The summed E-state index contributed by atoms with van der Waals surface area (Å²) in [5.41, 5.74) is -1.76. The molecular weight excluding hydrogens is 481 g/mol. The molecule has 1 N–H and O–H groups in total. The van der Waals surface area contributed by atoms with Crippen molar-refractivity contribution in [2.24, 2.45) is 0 Å². The highest BCUT2D eigenvalue weighted by Gasteiger charge is 2.35. The van der Waals surface area contributed by atoms with Crippen LogP contribution in [0.3, 0.4) is 0 Å². The fourth-order valence-corrected chi connectivity index (χ4v) is 3.64. The van der Waals surface area contributed by atoms with Gasteiger partial charge in [-0.05, 0) is 39.0 Å². The van der Waals surface area contributed by atoms with E-state index in [4.69, 9.17) is 13.9 Å². The summed E-state index contributed by atoms with van der Waals surface area (Å²) in [6, 6.07) is 3.77. The molecule has 2 amide bonds. The molecule has 0 bridgehead atoms. The van der Waals surface area contributed by atoms with Gasteiger partial charge in [-0.15, -0.1) is 0 Å². The third-order valence-corrected chi connectivity index (χ3v) is 5.23. The number of rotatable bonds is 4. The Hall–Kier alpha value is -3.67. The topological polar surface area (TPSA) is 107 Å². The molecule has 0 aliphatic carbocycles. The van der Waals surface area contributed by atoms with Crippen molar-refractivity contribution in [3.63, 3.8) is 0 Å². The Balaban J connectivity index is 1.60. The second-order valence-corrected chi connectivity index (χ2v) is 9.21. The molecule has 0 saturated carbocycles. The Bertz CT molecular complexity index is 1260. The van der Waals surface area contributed by atoms with Gasteiger partial charge in [0.25, 0.3) is 5.91 Å². The van der Waals surface area contributed by atoms with Gasteiger partial charge in [-0.2, -0.15) is 13.2 Å². The van der Waals surface area contributed by atoms with Gasteiger partial charge in [0.1, 0.15) is 16.9 Å². The first-order chi connectivity index (χ1) is 16.9. The summed E-state index contributed by atoms with van der Waals surface area (Å²) in [6.45, 7) is 6.67. The minimum absolute atomic E-state index is 0.0237. The largest absolute Gasteiger partial charge is 0.459 e. The molecule has 192 valence electrons. The minimum atomic E-state index is -4.71. The van der Waals surface area contributed by atoms with E-state index in [1.165, 1.54) is 24.5 Å². The van der Waals surface area contributed by atoms with E-state index in [2.05, 4.69) is 15.3 Å². The number of aromatic nitrogens is 2. The van der Waals surface area contributed by atoms with Crippen LogP contribution in [0.1, 0.15) is 42.5 Å². The molecule has 3 aromatic rings. The highest BCUT2D eigenvalue weighted by atomic mass is 19.4. The van der Waals surface area contributed by atoms with Crippen LogP contribution in [0, 0.1) is 0 Å². The fourth-order valence-electron chi connectivity index (χ4n) is 3.64. The predicted molar refractivity (Wildman–Crippen MR) is 122 cm³/mol. The molecule has 4 rings (SSSR count). The predicted octanol–water partition coefficient (Wildman–Crippen LogP) is 4.41. The maximum atomic E-state index is 13.8. The van der Waals surface area contributed by atoms with E-state index in [0.717, 1.165) is 6.07 Å². The fraction of sp³-hybridized carbons (Fsp3) is 0.417. The number of hydrogen-bond donors (Lipinski definition) is 1. The normalized spacial score (nSPS) is 14.7. The highest BCUT2D eigenvalue weighted by molar-refractivity contribution is 5.94. The molecule has 12 heteroatoms. The lowest BCUT2D eigenvalue weighted by Crippen LogP contribution is -2.40. The maximum Gasteiger partial charge on any atom is 0.420 e. The second kappa shape index (κ2) is 9.76. The summed E-state index contributed by atoms with van der Waals surface area (Å²) in [6.07, 6.45) is -2.85. The number of amides is 2. The number of carbonyl (C=O) groups excluding carboxylic acids is 2. The first-order valence-electron chi connectivity index (χ1n) is 11.2. The summed E-state index contributed by atoms with van der Waals surface area (Å²) in [5.74, 6) is -0.130. The molecule has 0 radical (unpaired) electrons. The van der Waals surface area contributed by atoms with Crippen LogP contribution in [0.25, 0.3) is 22.4 Å². The number of carbonyl (C=O) groups is 2. The summed E-state index contributed by atoms with van der Waals surface area (Å²) in [4.78, 5) is 34.3. The first kappa shape index (κ1) is 25.4. The summed E-state index contributed by atoms with van der Waals surface area (Å²) >= 11 is 0. The number of alkyl carbamates (subject to hydrolysis) is 1. The van der Waals surface area contributed by atoms with E-state index >= 15 is 0 Å². The molecule has 1 aliphatic rings. The number of furan rings is 1. The average molecular weight is 506 g/mol. The van der Waals surface area contributed by atoms with E-state index in [9.17, 15) is 22.8 Å². The van der Waals surface area contributed by atoms with Crippen LogP contribution in [-0.4, -0.2) is 58.8 Å². The molecule has 0 unspecified atom stereocenters. The van der Waals surface area contributed by atoms with Gasteiger partial charge in [-0.25, -0.2) is 14.8 Å². The van der Waals surface area contributed by atoms with Gasteiger partial charge in [0.05, 0.1) is 30.9 Å². The van der Waals surface area contributed by atoms with Crippen molar-refractivity contribution in [1.82, 2.24) is 20.2 Å². The van der Waals surface area contributed by atoms with Crippen LogP contribution in [-0.2, 0) is 22.2 Å². The van der Waals surface area contributed by atoms with E-state index in [1.807, 2.05) is 0 Å². The monoisotopic (exact) mass is 506 g/mol. The van der Waals surface area contributed by atoms with E-state index in [-0.39, 0.29) is 46.1 Å². The number of nitrogens with one attached hydrogen (secondary N) is 1. The Kier molecular flexibility index (Phi) is 6.90. The van der Waals surface area contributed by atoms with Crippen LogP contribution in [0.2, 0.25) is 0 Å². The molecule has 1 aliphatic heterocycles. The van der Waals surface area contributed by atoms with Crippen LogP contribution < -0.4 is 5.32 Å². The van der Waals surface area contributed by atoms with Crippen LogP contribution in [0.4, 0.5) is 18.0 Å². The van der Waals surface area contributed by atoms with E-state index in [1.54, 1.807) is 25.7 Å². The Morgan fingerprint density at radius 2 is 1.75 bits per heavy atom. The van der Waals surface area contributed by atoms with Crippen molar-refractivity contribution in [1.29, 1.82) is 0 Å². The molecule has 0 spiro atoms. The van der Waals surface area contributed by atoms with Crippen LogP contribution >= 0.6 is 0 Å². The number of benzene rings is 1. The maximum absolute atomic E-state index is 13.8. The Morgan fingerprint density at radius 3 is 2.36 bits per heavy atom. The van der Waals surface area contributed by atoms with Crippen LogP contribution in [0.5, 0.6) is 0 Å². The van der Waals surface area contributed by atoms with Gasteiger partial charge in [-0.3, -0.25) is 4.79 Å². The molecule has 1 fully saturated rings. The lowest BCUT2D eigenvalue weighted by atomic mass is 10.1. The molecule has 1 aromatic carbocycles. The zero-order chi connectivity index (χ0) is 26.1. The van der Waals surface area contributed by atoms with Gasteiger partial charge in [0.15, 0.2) is 5.82 Å². The number of alkyl halides is 3. The van der Waals surface area contributed by atoms with Crippen molar-refractivity contribution in [3.05, 3.63) is 47.5 Å². The lowest BCUT2D eigenvalue weighted by molar-refractivity contribution is -0.136. The minimum Gasteiger partial charge on any atom is -0.459 e. The van der Waals surface area contributed by atoms with Crippen molar-refractivity contribution < 1.29 is 36.7 Å². The van der Waals surface area contributed by atoms with E-state index < -0.39 is 23.4 Å². The molecule has 1 saturated heterocycles. The quantitative estimate of drug-likeness (QED) is 0.559. The van der Waals surface area contributed by atoms with Gasteiger partial charge in [0.2, 0.25) is 0 Å². The Morgan fingerprint density at radius 1 is 1.08 bits per heavy atom. The van der Waals surface area contributed by atoms with Gasteiger partial charge in [-0.1, -0.05) is 0 Å². The zero-order valence-corrected chi connectivity index (χ0v) is 19.9. The summed E-state index contributed by atoms with van der Waals surface area (Å²) < 4.78 is 57.3. The number of nitrogens with zero attached hydrogens (tertiary/aromatic N) is 3. The van der Waals surface area contributed by atoms with Gasteiger partial charge >= 0.3 is 12.3 Å². The molecule has 36 heavy (non-hydrogen) atoms. The Labute approximate surface area is 204 Å². The number of ether oxygens (including phenoxy) is 2. The number of fused-ring (bicyclic) bond motifs is 1. The van der Waals surface area contributed by atoms with Gasteiger partial charge in [0, 0.05) is 36.4 Å². The zero-order valence-electron chi connectivity index (χ0n) is 19.9. The lowest BCUT2D eigenvalue weighted by Gasteiger charge is -2.26. The van der Waals surface area contributed by atoms with Crippen molar-refractivity contribution in [2.45, 2.75) is 39.1 Å². The standard InChI is InChI=1S/C24H25F3N4O5/c1-23(2,3)36-22(33)30-13-17-9-14-8-15(10-18(19(14)35-17)24(25,26)27)20-28-11-16(12-29-20)21(32)31-4-6-34-7-5-31/h8-12H,4-7,13H2,1-3H3,(H,30,33). The SMILES string of the molecule is CC(C)(C)OC(=O)NCc1cc2cc(-c3ncc(C(=O)N4CCOCC4)cn3)cc(C(F)(F)F)c2o1. The van der Waals surface area contributed by atoms with Gasteiger partial charge < -0.3 is 24.1 Å². The summed E-state index contributed by atoms with van der Waals surface area (Å²) in [5, 5.41) is 2.62. The smallest absolute Gasteiger partial charge is 0.420 e. The van der Waals surface area contributed by atoms with Crippen molar-refractivity contribution in [3.8, 4) is 11.4 Å². The number of morpholine rings is 1. The number of halogens is 3.